The predicted molar refractivity (Wildman–Crippen MR) is 59.9 cm³/mol. The van der Waals surface area contributed by atoms with Crippen molar-refractivity contribution in [3.63, 3.8) is 0 Å². The van der Waals surface area contributed by atoms with E-state index in [1.165, 1.54) is 0 Å². The number of hydrogen-bond donors (Lipinski definition) is 2. The number of aliphatic hydroxyl groups excluding tert-OH is 1. The summed E-state index contributed by atoms with van der Waals surface area (Å²) in [6.07, 6.45) is 0. The molecule has 0 heterocycles. The Labute approximate surface area is 95.2 Å². The molecule has 5 heteroatoms. The van der Waals surface area contributed by atoms with Crippen LogP contribution >= 0.6 is 27.5 Å². The van der Waals surface area contributed by atoms with E-state index in [9.17, 15) is 4.79 Å². The number of hydrogen-bond acceptors (Lipinski definition) is 2. The molecule has 2 N–H and O–H groups in total. The lowest BCUT2D eigenvalue weighted by molar-refractivity contribution is -0.116. The van der Waals surface area contributed by atoms with Crippen LogP contribution in [-0.4, -0.2) is 22.4 Å². The second kappa shape index (κ2) is 5.34. The first-order valence-electron chi connectivity index (χ1n) is 3.95. The molecule has 14 heavy (non-hydrogen) atoms. The van der Waals surface area contributed by atoms with Crippen LogP contribution in [-0.2, 0) is 4.79 Å². The highest BCUT2D eigenvalue weighted by molar-refractivity contribution is 9.10. The van der Waals surface area contributed by atoms with Crippen LogP contribution in [0.4, 0.5) is 5.69 Å². The van der Waals surface area contributed by atoms with Gasteiger partial charge in [0.05, 0.1) is 6.61 Å². The average Bonchev–Trinajstić information content (AvgIpc) is 2.20. The van der Waals surface area contributed by atoms with Crippen molar-refractivity contribution in [1.82, 2.24) is 0 Å². The third-order valence-corrected chi connectivity index (χ3v) is 2.51. The van der Waals surface area contributed by atoms with Crippen LogP contribution < -0.4 is 5.32 Å². The minimum absolute atomic E-state index is 0.237. The van der Waals surface area contributed by atoms with Crippen molar-refractivity contribution in [1.29, 1.82) is 0 Å². The molecule has 1 unspecified atom stereocenters. The van der Waals surface area contributed by atoms with Crippen molar-refractivity contribution in [2.45, 2.75) is 4.83 Å². The Morgan fingerprint density at radius 2 is 2.07 bits per heavy atom. The largest absolute Gasteiger partial charge is 0.395 e. The standard InChI is InChI=1S/C9H9BrClNO2/c10-8(5-13)9(14)12-7-3-1-6(11)2-4-7/h1-4,8,13H,5H2,(H,12,14). The number of nitrogens with one attached hydrogen (secondary N) is 1. The van der Waals surface area contributed by atoms with Crippen LogP contribution in [0.3, 0.4) is 0 Å². The summed E-state index contributed by atoms with van der Waals surface area (Å²) < 4.78 is 0. The monoisotopic (exact) mass is 277 g/mol. The molecule has 0 aliphatic heterocycles. The van der Waals surface area contributed by atoms with Crippen molar-refractivity contribution in [2.75, 3.05) is 11.9 Å². The lowest BCUT2D eigenvalue weighted by atomic mass is 10.3. The van der Waals surface area contributed by atoms with Crippen LogP contribution in [0, 0.1) is 0 Å². The van der Waals surface area contributed by atoms with Gasteiger partial charge in [-0.1, -0.05) is 27.5 Å². The van der Waals surface area contributed by atoms with E-state index in [4.69, 9.17) is 16.7 Å². The minimum Gasteiger partial charge on any atom is -0.395 e. The molecule has 0 aliphatic rings. The first-order valence-corrected chi connectivity index (χ1v) is 5.24. The van der Waals surface area contributed by atoms with Gasteiger partial charge in [0.1, 0.15) is 4.83 Å². The van der Waals surface area contributed by atoms with Gasteiger partial charge in [0.15, 0.2) is 0 Å². The van der Waals surface area contributed by atoms with E-state index in [1.54, 1.807) is 24.3 Å². The summed E-state index contributed by atoms with van der Waals surface area (Å²) in [7, 11) is 0. The fraction of sp³-hybridized carbons (Fsp3) is 0.222. The van der Waals surface area contributed by atoms with Crippen LogP contribution in [0.2, 0.25) is 5.02 Å². The van der Waals surface area contributed by atoms with Gasteiger partial charge in [-0.2, -0.15) is 0 Å². The molecule has 0 fully saturated rings. The van der Waals surface area contributed by atoms with Crippen molar-refractivity contribution in [2.24, 2.45) is 0 Å². The summed E-state index contributed by atoms with van der Waals surface area (Å²) in [4.78, 5) is 10.7. The third-order valence-electron chi connectivity index (χ3n) is 1.56. The quantitative estimate of drug-likeness (QED) is 0.831. The number of alkyl halides is 1. The SMILES string of the molecule is O=C(Nc1ccc(Cl)cc1)C(Br)CO. The first-order chi connectivity index (χ1) is 6.63. The Bertz CT molecular complexity index is 315. The van der Waals surface area contributed by atoms with E-state index >= 15 is 0 Å². The number of rotatable bonds is 3. The Hall–Kier alpha value is -0.580. The second-order valence-corrected chi connectivity index (χ2v) is 4.19. The van der Waals surface area contributed by atoms with Crippen molar-refractivity contribution >= 4 is 39.1 Å². The molecule has 1 amide bonds. The van der Waals surface area contributed by atoms with Gasteiger partial charge in [0.25, 0.3) is 0 Å². The highest BCUT2D eigenvalue weighted by Gasteiger charge is 2.12. The summed E-state index contributed by atoms with van der Waals surface area (Å²) in [6.45, 7) is -0.237. The van der Waals surface area contributed by atoms with Crippen LogP contribution in [0.5, 0.6) is 0 Å². The molecule has 0 bridgehead atoms. The first kappa shape index (κ1) is 11.5. The zero-order chi connectivity index (χ0) is 10.6. The molecule has 0 saturated heterocycles. The van der Waals surface area contributed by atoms with Gasteiger partial charge in [-0.05, 0) is 24.3 Å². The summed E-state index contributed by atoms with van der Waals surface area (Å²) >= 11 is 8.70. The molecule has 0 radical (unpaired) electrons. The van der Waals surface area contributed by atoms with Crippen molar-refractivity contribution in [3.05, 3.63) is 29.3 Å². The number of carbonyl (C=O) groups excluding carboxylic acids is 1. The summed E-state index contributed by atoms with van der Waals surface area (Å²) in [5.41, 5.74) is 0.650. The summed E-state index contributed by atoms with van der Waals surface area (Å²) in [6, 6.07) is 6.74. The Balaban J connectivity index is 2.60. The van der Waals surface area contributed by atoms with Gasteiger partial charge in [0, 0.05) is 10.7 Å². The highest BCUT2D eigenvalue weighted by atomic mass is 79.9. The van der Waals surface area contributed by atoms with E-state index in [0.717, 1.165) is 0 Å². The average molecular weight is 279 g/mol. The van der Waals surface area contributed by atoms with Gasteiger partial charge in [-0.15, -0.1) is 0 Å². The Morgan fingerprint density at radius 1 is 1.50 bits per heavy atom. The van der Waals surface area contributed by atoms with Crippen LogP contribution in [0.1, 0.15) is 0 Å². The maximum absolute atomic E-state index is 11.3. The minimum atomic E-state index is -0.585. The molecule has 1 aromatic rings. The Kier molecular flexibility index (Phi) is 4.38. The normalized spacial score (nSPS) is 12.2. The highest BCUT2D eigenvalue weighted by Crippen LogP contribution is 2.14. The number of amides is 1. The molecule has 76 valence electrons. The molecule has 0 aromatic heterocycles. The maximum atomic E-state index is 11.3. The van der Waals surface area contributed by atoms with E-state index < -0.39 is 4.83 Å². The number of aliphatic hydroxyl groups is 1. The zero-order valence-electron chi connectivity index (χ0n) is 7.21. The predicted octanol–water partition coefficient (Wildman–Crippen LogP) is 2.03. The number of halogens is 2. The molecule has 1 aromatic carbocycles. The van der Waals surface area contributed by atoms with Gasteiger partial charge in [0.2, 0.25) is 5.91 Å². The van der Waals surface area contributed by atoms with Gasteiger partial charge in [-0.3, -0.25) is 4.79 Å². The van der Waals surface area contributed by atoms with E-state index in [2.05, 4.69) is 21.2 Å². The fourth-order valence-corrected chi connectivity index (χ4v) is 1.08. The molecular formula is C9H9BrClNO2. The lowest BCUT2D eigenvalue weighted by Gasteiger charge is -2.07. The van der Waals surface area contributed by atoms with Gasteiger partial charge in [-0.25, -0.2) is 0 Å². The number of anilines is 1. The van der Waals surface area contributed by atoms with Crippen LogP contribution in [0.25, 0.3) is 0 Å². The van der Waals surface area contributed by atoms with E-state index in [0.29, 0.717) is 10.7 Å². The van der Waals surface area contributed by atoms with E-state index in [1.807, 2.05) is 0 Å². The maximum Gasteiger partial charge on any atom is 0.240 e. The number of carbonyl (C=O) groups is 1. The van der Waals surface area contributed by atoms with Crippen LogP contribution in [0.15, 0.2) is 24.3 Å². The molecule has 1 atom stereocenters. The lowest BCUT2D eigenvalue weighted by Crippen LogP contribution is -2.25. The third kappa shape index (κ3) is 3.29. The molecular weight excluding hydrogens is 269 g/mol. The van der Waals surface area contributed by atoms with Crippen molar-refractivity contribution < 1.29 is 9.90 Å². The molecule has 0 aliphatic carbocycles. The second-order valence-electron chi connectivity index (χ2n) is 2.65. The van der Waals surface area contributed by atoms with E-state index in [-0.39, 0.29) is 12.5 Å². The smallest absolute Gasteiger partial charge is 0.240 e. The summed E-state index contributed by atoms with van der Waals surface area (Å²) in [5, 5.41) is 11.9. The summed E-state index contributed by atoms with van der Waals surface area (Å²) in [5.74, 6) is -0.283. The zero-order valence-corrected chi connectivity index (χ0v) is 9.55. The number of benzene rings is 1. The topological polar surface area (TPSA) is 49.3 Å². The Morgan fingerprint density at radius 3 is 2.57 bits per heavy atom. The van der Waals surface area contributed by atoms with Gasteiger partial charge < -0.3 is 10.4 Å². The molecule has 0 saturated carbocycles. The molecule has 0 spiro atoms. The van der Waals surface area contributed by atoms with Gasteiger partial charge >= 0.3 is 0 Å². The molecule has 1 rings (SSSR count). The molecule has 3 nitrogen and oxygen atoms in total. The van der Waals surface area contributed by atoms with Crippen molar-refractivity contribution in [3.8, 4) is 0 Å². The fourth-order valence-electron chi connectivity index (χ4n) is 0.837.